The number of nitriles is 1. The molecule has 0 bridgehead atoms. The molecule has 96 valence electrons. The smallest absolute Gasteiger partial charge is 0.174 e. The average Bonchev–Trinajstić information content (AvgIpc) is 3.00. The number of nitrogens with one attached hydrogen (secondary N) is 1. The average molecular weight is 263 g/mol. The maximum atomic E-state index is 11.7. The molecule has 1 heterocycles. The lowest BCUT2D eigenvalue weighted by Gasteiger charge is -2.09. The van der Waals surface area contributed by atoms with Crippen LogP contribution in [0.15, 0.2) is 0 Å². The second-order valence-electron chi connectivity index (χ2n) is 5.10. The fourth-order valence-corrected chi connectivity index (χ4v) is 2.81. The van der Waals surface area contributed by atoms with E-state index in [1.165, 1.54) is 24.2 Å². The first-order chi connectivity index (χ1) is 8.50. The molecule has 1 fully saturated rings. The summed E-state index contributed by atoms with van der Waals surface area (Å²) in [6.45, 7) is 4.84. The van der Waals surface area contributed by atoms with Crippen molar-refractivity contribution in [2.24, 2.45) is 5.41 Å². The fraction of sp³-hybridized carbons (Fsp3) is 0.538. The molecule has 0 atom stereocenters. The number of carbonyl (C=O) groups is 1. The molecule has 18 heavy (non-hydrogen) atoms. The van der Waals surface area contributed by atoms with E-state index >= 15 is 0 Å². The van der Waals surface area contributed by atoms with Gasteiger partial charge in [-0.25, -0.2) is 0 Å². The van der Waals surface area contributed by atoms with Gasteiger partial charge in [-0.2, -0.15) is 5.26 Å². The van der Waals surface area contributed by atoms with Crippen LogP contribution in [0.1, 0.15) is 48.3 Å². The van der Waals surface area contributed by atoms with Crippen molar-refractivity contribution >= 4 is 27.8 Å². The predicted octanol–water partition coefficient (Wildman–Crippen LogP) is 3.01. The molecule has 5 heteroatoms. The van der Waals surface area contributed by atoms with Crippen LogP contribution in [0.4, 0.5) is 10.7 Å². The zero-order valence-electron chi connectivity index (χ0n) is 10.7. The number of anilines is 2. The summed E-state index contributed by atoms with van der Waals surface area (Å²) in [6, 6.07) is 2.09. The van der Waals surface area contributed by atoms with Crippen LogP contribution in [0.2, 0.25) is 0 Å². The molecule has 1 aliphatic carbocycles. The third-order valence-corrected chi connectivity index (χ3v) is 4.61. The van der Waals surface area contributed by atoms with Gasteiger partial charge in [0, 0.05) is 13.0 Å². The van der Waals surface area contributed by atoms with Crippen molar-refractivity contribution in [1.82, 2.24) is 0 Å². The molecule has 0 aliphatic heterocycles. The third kappa shape index (κ3) is 2.34. The van der Waals surface area contributed by atoms with Crippen molar-refractivity contribution in [3.8, 4) is 6.07 Å². The first kappa shape index (κ1) is 12.9. The summed E-state index contributed by atoms with van der Waals surface area (Å²) in [6.07, 6.45) is 2.83. The van der Waals surface area contributed by atoms with Gasteiger partial charge >= 0.3 is 0 Å². The number of rotatable bonds is 5. The molecule has 3 N–H and O–H groups in total. The predicted molar refractivity (Wildman–Crippen MR) is 73.9 cm³/mol. The van der Waals surface area contributed by atoms with E-state index in [4.69, 9.17) is 11.0 Å². The lowest BCUT2D eigenvalue weighted by Crippen LogP contribution is -2.11. The van der Waals surface area contributed by atoms with Crippen molar-refractivity contribution in [2.75, 3.05) is 17.6 Å². The minimum atomic E-state index is -0.000293. The van der Waals surface area contributed by atoms with Gasteiger partial charge in [-0.3, -0.25) is 4.79 Å². The van der Waals surface area contributed by atoms with Crippen LogP contribution in [0.3, 0.4) is 0 Å². The molecule has 0 radical (unpaired) electrons. The van der Waals surface area contributed by atoms with Crippen LogP contribution in [0.5, 0.6) is 0 Å². The number of Topliss-reactive ketones (excluding diaryl/α,β-unsaturated/α-hetero) is 1. The summed E-state index contributed by atoms with van der Waals surface area (Å²) in [5.41, 5.74) is 6.97. The second-order valence-corrected chi connectivity index (χ2v) is 6.12. The standard InChI is InChI=1S/C13H17N3OS/c1-3-9(17)11-10(15)8(6-14)12(18-11)16-7-13(2)4-5-13/h16H,3-5,7,15H2,1-2H3. The Hall–Kier alpha value is -1.54. The van der Waals surface area contributed by atoms with Gasteiger partial charge in [0.25, 0.3) is 0 Å². The maximum absolute atomic E-state index is 11.7. The molecule has 0 saturated heterocycles. The van der Waals surface area contributed by atoms with E-state index in [0.29, 0.717) is 28.0 Å². The highest BCUT2D eigenvalue weighted by Gasteiger charge is 2.37. The summed E-state index contributed by atoms with van der Waals surface area (Å²) < 4.78 is 0. The lowest BCUT2D eigenvalue weighted by molar-refractivity contribution is 0.0993. The first-order valence-electron chi connectivity index (χ1n) is 6.10. The Morgan fingerprint density at radius 1 is 1.61 bits per heavy atom. The van der Waals surface area contributed by atoms with Crippen LogP contribution in [-0.4, -0.2) is 12.3 Å². The Bertz CT molecular complexity index is 523. The number of ketones is 1. The Kier molecular flexibility index (Phi) is 3.31. The molecule has 0 spiro atoms. The number of hydrogen-bond acceptors (Lipinski definition) is 5. The monoisotopic (exact) mass is 263 g/mol. The molecule has 0 aromatic carbocycles. The number of hydrogen-bond donors (Lipinski definition) is 2. The number of carbonyl (C=O) groups excluding carboxylic acids is 1. The van der Waals surface area contributed by atoms with Crippen molar-refractivity contribution < 1.29 is 4.79 Å². The normalized spacial score (nSPS) is 16.1. The van der Waals surface area contributed by atoms with E-state index in [1.54, 1.807) is 6.92 Å². The Balaban J connectivity index is 2.23. The van der Waals surface area contributed by atoms with E-state index in [2.05, 4.69) is 18.3 Å². The SMILES string of the molecule is CCC(=O)c1sc(NCC2(C)CC2)c(C#N)c1N. The molecule has 1 saturated carbocycles. The van der Waals surface area contributed by atoms with Gasteiger partial charge in [-0.15, -0.1) is 11.3 Å². The quantitative estimate of drug-likeness (QED) is 0.800. The minimum absolute atomic E-state index is 0.000293. The number of nitrogens with two attached hydrogens (primary N) is 1. The number of nitrogen functional groups attached to an aromatic ring is 1. The molecule has 0 unspecified atom stereocenters. The highest BCUT2D eigenvalue weighted by atomic mass is 32.1. The number of thiophene rings is 1. The highest BCUT2D eigenvalue weighted by Crippen LogP contribution is 2.45. The zero-order chi connectivity index (χ0) is 13.3. The van der Waals surface area contributed by atoms with Crippen molar-refractivity contribution in [2.45, 2.75) is 33.1 Å². The summed E-state index contributed by atoms with van der Waals surface area (Å²) >= 11 is 1.30. The van der Waals surface area contributed by atoms with Gasteiger partial charge in [0.1, 0.15) is 16.6 Å². The molecule has 2 rings (SSSR count). The second kappa shape index (κ2) is 4.62. The van der Waals surface area contributed by atoms with Crippen molar-refractivity contribution in [1.29, 1.82) is 5.26 Å². The van der Waals surface area contributed by atoms with Gasteiger partial charge in [0.15, 0.2) is 5.78 Å². The van der Waals surface area contributed by atoms with E-state index in [9.17, 15) is 4.79 Å². The Morgan fingerprint density at radius 3 is 2.78 bits per heavy atom. The van der Waals surface area contributed by atoms with Gasteiger partial charge in [0.05, 0.1) is 10.6 Å². The molecule has 1 aromatic rings. The first-order valence-corrected chi connectivity index (χ1v) is 6.92. The molecule has 1 aromatic heterocycles. The van der Waals surface area contributed by atoms with E-state index in [1.807, 2.05) is 0 Å². The number of nitrogens with zero attached hydrogens (tertiary/aromatic N) is 1. The van der Waals surface area contributed by atoms with Crippen molar-refractivity contribution in [3.05, 3.63) is 10.4 Å². The summed E-state index contributed by atoms with van der Waals surface area (Å²) in [7, 11) is 0. The molecular formula is C13H17N3OS. The maximum Gasteiger partial charge on any atom is 0.174 e. The van der Waals surface area contributed by atoms with Gasteiger partial charge in [-0.05, 0) is 18.3 Å². The molecule has 0 amide bonds. The molecule has 4 nitrogen and oxygen atoms in total. The lowest BCUT2D eigenvalue weighted by atomic mass is 10.1. The minimum Gasteiger partial charge on any atom is -0.396 e. The Labute approximate surface area is 111 Å². The highest BCUT2D eigenvalue weighted by molar-refractivity contribution is 7.19. The Morgan fingerprint density at radius 2 is 2.28 bits per heavy atom. The van der Waals surface area contributed by atoms with E-state index in [-0.39, 0.29) is 5.78 Å². The van der Waals surface area contributed by atoms with Crippen LogP contribution in [0.25, 0.3) is 0 Å². The van der Waals surface area contributed by atoms with Crippen LogP contribution in [0, 0.1) is 16.7 Å². The zero-order valence-corrected chi connectivity index (χ0v) is 11.5. The van der Waals surface area contributed by atoms with Gasteiger partial charge in [0.2, 0.25) is 0 Å². The largest absolute Gasteiger partial charge is 0.396 e. The third-order valence-electron chi connectivity index (χ3n) is 3.41. The van der Waals surface area contributed by atoms with E-state index < -0.39 is 0 Å². The van der Waals surface area contributed by atoms with E-state index in [0.717, 1.165) is 11.5 Å². The van der Waals surface area contributed by atoms with Crippen LogP contribution >= 0.6 is 11.3 Å². The summed E-state index contributed by atoms with van der Waals surface area (Å²) in [5.74, 6) is -0.000293. The molecular weight excluding hydrogens is 246 g/mol. The topological polar surface area (TPSA) is 78.9 Å². The fourth-order valence-electron chi connectivity index (χ4n) is 1.73. The summed E-state index contributed by atoms with van der Waals surface area (Å²) in [5, 5.41) is 13.1. The van der Waals surface area contributed by atoms with Gasteiger partial charge < -0.3 is 11.1 Å². The van der Waals surface area contributed by atoms with Crippen molar-refractivity contribution in [3.63, 3.8) is 0 Å². The van der Waals surface area contributed by atoms with Crippen LogP contribution < -0.4 is 11.1 Å². The summed E-state index contributed by atoms with van der Waals surface area (Å²) in [4.78, 5) is 12.2. The van der Waals surface area contributed by atoms with Crippen LogP contribution in [-0.2, 0) is 0 Å². The van der Waals surface area contributed by atoms with Gasteiger partial charge in [-0.1, -0.05) is 13.8 Å². The molecule has 1 aliphatic rings.